The number of hydrogen-bond donors (Lipinski definition) is 2. The second-order valence-electron chi connectivity index (χ2n) is 6.55. The smallest absolute Gasteiger partial charge is 0.381 e. The molecule has 3 rings (SSSR count). The quantitative estimate of drug-likeness (QED) is 0.770. The molecule has 4 nitrogen and oxygen atoms in total. The number of aromatic nitrogens is 1. The predicted molar refractivity (Wildman–Crippen MR) is 96.4 cm³/mol. The summed E-state index contributed by atoms with van der Waals surface area (Å²) in [5, 5.41) is 7.05. The van der Waals surface area contributed by atoms with Crippen molar-refractivity contribution in [2.45, 2.75) is 37.5 Å². The van der Waals surface area contributed by atoms with Crippen molar-refractivity contribution in [2.75, 3.05) is 25.1 Å². The molecule has 1 atom stereocenters. The molecule has 1 fully saturated rings. The molecule has 2 heterocycles. The van der Waals surface area contributed by atoms with Crippen molar-refractivity contribution in [3.8, 4) is 0 Å². The SMILES string of the molecule is CC(NC1(CNc2ncc(C(F)(F)F)s2)CCOCC1)c1ccccc1. The fourth-order valence-corrected chi connectivity index (χ4v) is 3.83. The zero-order chi connectivity index (χ0) is 18.6. The van der Waals surface area contributed by atoms with E-state index in [9.17, 15) is 13.2 Å². The van der Waals surface area contributed by atoms with Crippen LogP contribution in [0.3, 0.4) is 0 Å². The number of nitrogens with zero attached hydrogens (tertiary/aromatic N) is 1. The van der Waals surface area contributed by atoms with E-state index in [1.165, 1.54) is 5.56 Å². The van der Waals surface area contributed by atoms with E-state index in [2.05, 4.69) is 34.7 Å². The van der Waals surface area contributed by atoms with E-state index >= 15 is 0 Å². The Balaban J connectivity index is 1.68. The molecule has 2 aromatic rings. The number of nitrogens with one attached hydrogen (secondary N) is 2. The van der Waals surface area contributed by atoms with Gasteiger partial charge in [-0.25, -0.2) is 4.98 Å². The van der Waals surface area contributed by atoms with Crippen LogP contribution in [0.15, 0.2) is 36.5 Å². The molecule has 0 saturated carbocycles. The predicted octanol–water partition coefficient (Wildman–Crippen LogP) is 4.47. The molecule has 26 heavy (non-hydrogen) atoms. The number of hydrogen-bond acceptors (Lipinski definition) is 5. The van der Waals surface area contributed by atoms with Crippen LogP contribution in [0.25, 0.3) is 0 Å². The van der Waals surface area contributed by atoms with Crippen LogP contribution >= 0.6 is 11.3 Å². The van der Waals surface area contributed by atoms with Crippen LogP contribution in [0.4, 0.5) is 18.3 Å². The summed E-state index contributed by atoms with van der Waals surface area (Å²) in [7, 11) is 0. The highest BCUT2D eigenvalue weighted by Crippen LogP contribution is 2.35. The molecule has 0 amide bonds. The molecule has 1 aliphatic heterocycles. The normalized spacial score (nSPS) is 18.5. The zero-order valence-electron chi connectivity index (χ0n) is 14.5. The van der Waals surface area contributed by atoms with Crippen molar-refractivity contribution in [2.24, 2.45) is 0 Å². The van der Waals surface area contributed by atoms with Gasteiger partial charge in [0.1, 0.15) is 4.88 Å². The monoisotopic (exact) mass is 385 g/mol. The van der Waals surface area contributed by atoms with Crippen LogP contribution < -0.4 is 10.6 Å². The first-order chi connectivity index (χ1) is 12.4. The Morgan fingerprint density at radius 3 is 2.54 bits per heavy atom. The summed E-state index contributed by atoms with van der Waals surface area (Å²) in [6, 6.07) is 10.2. The van der Waals surface area contributed by atoms with E-state index in [0.717, 1.165) is 19.0 Å². The van der Waals surface area contributed by atoms with Crippen LogP contribution in [-0.2, 0) is 10.9 Å². The number of anilines is 1. The van der Waals surface area contributed by atoms with E-state index < -0.39 is 11.1 Å². The Labute approximate surface area is 154 Å². The van der Waals surface area contributed by atoms with Crippen LogP contribution in [0.1, 0.15) is 36.2 Å². The Morgan fingerprint density at radius 1 is 1.23 bits per heavy atom. The number of alkyl halides is 3. The summed E-state index contributed by atoms with van der Waals surface area (Å²) in [6.07, 6.45) is -1.90. The largest absolute Gasteiger partial charge is 0.427 e. The maximum absolute atomic E-state index is 12.7. The van der Waals surface area contributed by atoms with Gasteiger partial charge in [-0.1, -0.05) is 41.7 Å². The second-order valence-corrected chi connectivity index (χ2v) is 7.58. The average Bonchev–Trinajstić information content (AvgIpc) is 3.11. The van der Waals surface area contributed by atoms with Gasteiger partial charge in [-0.2, -0.15) is 13.2 Å². The van der Waals surface area contributed by atoms with Gasteiger partial charge in [0.2, 0.25) is 0 Å². The van der Waals surface area contributed by atoms with Crippen molar-refractivity contribution >= 4 is 16.5 Å². The summed E-state index contributed by atoms with van der Waals surface area (Å²) in [4.78, 5) is 3.18. The van der Waals surface area contributed by atoms with E-state index in [0.29, 0.717) is 31.1 Å². The molecule has 142 valence electrons. The molecule has 2 N–H and O–H groups in total. The molecule has 0 aliphatic carbocycles. The number of benzene rings is 1. The van der Waals surface area contributed by atoms with E-state index in [1.54, 1.807) is 0 Å². The lowest BCUT2D eigenvalue weighted by Crippen LogP contribution is -2.54. The zero-order valence-corrected chi connectivity index (χ0v) is 15.3. The standard InChI is InChI=1S/C18H22F3N3OS/c1-13(14-5-3-2-4-6-14)24-17(7-9-25-10-8-17)12-23-16-22-11-15(26-16)18(19,20)21/h2-6,11,13,24H,7-10,12H2,1H3,(H,22,23). The van der Waals surface area contributed by atoms with Gasteiger partial charge in [0, 0.05) is 31.3 Å². The molecule has 1 aromatic heterocycles. The topological polar surface area (TPSA) is 46.2 Å². The van der Waals surface area contributed by atoms with Crippen molar-refractivity contribution < 1.29 is 17.9 Å². The van der Waals surface area contributed by atoms with Gasteiger partial charge < -0.3 is 15.4 Å². The first-order valence-corrected chi connectivity index (χ1v) is 9.37. The van der Waals surface area contributed by atoms with Gasteiger partial charge >= 0.3 is 6.18 Å². The maximum atomic E-state index is 12.7. The lowest BCUT2D eigenvalue weighted by atomic mass is 9.88. The van der Waals surface area contributed by atoms with E-state index in [-0.39, 0.29) is 16.7 Å². The second kappa shape index (κ2) is 7.94. The minimum Gasteiger partial charge on any atom is -0.381 e. The third kappa shape index (κ3) is 4.75. The first-order valence-electron chi connectivity index (χ1n) is 8.55. The molecular formula is C18H22F3N3OS. The molecular weight excluding hydrogens is 363 g/mol. The first kappa shape index (κ1) is 19.1. The third-order valence-corrected chi connectivity index (χ3v) is 5.64. The molecule has 1 saturated heterocycles. The summed E-state index contributed by atoms with van der Waals surface area (Å²) in [6.45, 7) is 3.85. The third-order valence-electron chi connectivity index (χ3n) is 4.64. The Kier molecular flexibility index (Phi) is 5.84. The van der Waals surface area contributed by atoms with Crippen molar-refractivity contribution in [3.63, 3.8) is 0 Å². The number of thiazole rings is 1. The van der Waals surface area contributed by atoms with Gasteiger partial charge in [0.05, 0.1) is 6.20 Å². The highest BCUT2D eigenvalue weighted by Gasteiger charge is 2.36. The fourth-order valence-electron chi connectivity index (χ4n) is 3.15. The molecule has 0 radical (unpaired) electrons. The number of halogens is 3. The molecule has 1 aliphatic rings. The van der Waals surface area contributed by atoms with E-state index in [4.69, 9.17) is 4.74 Å². The molecule has 8 heteroatoms. The van der Waals surface area contributed by atoms with E-state index in [1.807, 2.05) is 18.2 Å². The number of rotatable bonds is 6. The van der Waals surface area contributed by atoms with Gasteiger partial charge in [-0.15, -0.1) is 0 Å². The Hall–Kier alpha value is -1.64. The maximum Gasteiger partial charge on any atom is 0.427 e. The molecule has 0 spiro atoms. The highest BCUT2D eigenvalue weighted by atomic mass is 32.1. The summed E-state index contributed by atoms with van der Waals surface area (Å²) in [5.74, 6) is 0. The lowest BCUT2D eigenvalue weighted by Gasteiger charge is -2.40. The molecule has 1 unspecified atom stereocenters. The van der Waals surface area contributed by atoms with Gasteiger partial charge in [-0.3, -0.25) is 0 Å². The van der Waals surface area contributed by atoms with Crippen LogP contribution in [-0.4, -0.2) is 30.3 Å². The highest BCUT2D eigenvalue weighted by molar-refractivity contribution is 7.15. The fraction of sp³-hybridized carbons (Fsp3) is 0.500. The minimum atomic E-state index is -4.35. The lowest BCUT2D eigenvalue weighted by molar-refractivity contribution is -0.134. The van der Waals surface area contributed by atoms with Crippen LogP contribution in [0.2, 0.25) is 0 Å². The van der Waals surface area contributed by atoms with Gasteiger partial charge in [-0.05, 0) is 25.3 Å². The minimum absolute atomic E-state index is 0.123. The summed E-state index contributed by atoms with van der Waals surface area (Å²) >= 11 is 0.636. The average molecular weight is 385 g/mol. The van der Waals surface area contributed by atoms with Crippen molar-refractivity contribution in [3.05, 3.63) is 47.0 Å². The Bertz CT molecular complexity index is 699. The summed E-state index contributed by atoms with van der Waals surface area (Å²) < 4.78 is 43.7. The van der Waals surface area contributed by atoms with Crippen LogP contribution in [0, 0.1) is 0 Å². The van der Waals surface area contributed by atoms with Crippen LogP contribution in [0.5, 0.6) is 0 Å². The summed E-state index contributed by atoms with van der Waals surface area (Å²) in [5.41, 5.74) is 0.921. The molecule has 0 bridgehead atoms. The van der Waals surface area contributed by atoms with Crippen molar-refractivity contribution in [1.82, 2.24) is 10.3 Å². The Morgan fingerprint density at radius 2 is 1.92 bits per heavy atom. The van der Waals surface area contributed by atoms with Gasteiger partial charge in [0.25, 0.3) is 0 Å². The number of ether oxygens (including phenoxy) is 1. The van der Waals surface area contributed by atoms with Gasteiger partial charge in [0.15, 0.2) is 5.13 Å². The van der Waals surface area contributed by atoms with Crippen molar-refractivity contribution in [1.29, 1.82) is 0 Å². The molecule has 1 aromatic carbocycles.